The zero-order chi connectivity index (χ0) is 14.8. The molecule has 4 nitrogen and oxygen atoms in total. The van der Waals surface area contributed by atoms with Crippen LogP contribution in [0.15, 0.2) is 30.5 Å². The van der Waals surface area contributed by atoms with Crippen molar-refractivity contribution < 1.29 is 8.42 Å². The maximum Gasteiger partial charge on any atom is 0.149 e. The standard InChI is InChI=1S/C15H22N2O2S/c1-12(2)16-11-14-6-4-5-13-7-8-17(15(13)14)9-10-20(3,18)19/h4-8,12,16H,9-11H2,1-3H3. The predicted molar refractivity (Wildman–Crippen MR) is 83.6 cm³/mol. The van der Waals surface area contributed by atoms with Gasteiger partial charge in [0.15, 0.2) is 0 Å². The van der Waals surface area contributed by atoms with Gasteiger partial charge in [-0.15, -0.1) is 0 Å². The molecule has 1 aromatic carbocycles. The van der Waals surface area contributed by atoms with E-state index in [1.165, 1.54) is 11.8 Å². The number of rotatable bonds is 6. The highest BCUT2D eigenvalue weighted by Crippen LogP contribution is 2.20. The molecule has 0 amide bonds. The van der Waals surface area contributed by atoms with Gasteiger partial charge in [0.1, 0.15) is 9.84 Å². The van der Waals surface area contributed by atoms with Crippen LogP contribution in [0.25, 0.3) is 10.9 Å². The molecule has 2 rings (SSSR count). The van der Waals surface area contributed by atoms with Crippen molar-refractivity contribution in [2.75, 3.05) is 12.0 Å². The van der Waals surface area contributed by atoms with E-state index in [-0.39, 0.29) is 5.75 Å². The molecule has 0 aliphatic heterocycles. The van der Waals surface area contributed by atoms with E-state index in [1.54, 1.807) is 0 Å². The number of sulfone groups is 1. The van der Waals surface area contributed by atoms with Gasteiger partial charge in [-0.3, -0.25) is 0 Å². The Morgan fingerprint density at radius 1 is 1.25 bits per heavy atom. The van der Waals surface area contributed by atoms with Crippen molar-refractivity contribution >= 4 is 20.7 Å². The van der Waals surface area contributed by atoms with Gasteiger partial charge in [0.05, 0.1) is 11.3 Å². The number of hydrogen-bond donors (Lipinski definition) is 1. The zero-order valence-corrected chi connectivity index (χ0v) is 13.1. The lowest BCUT2D eigenvalue weighted by Crippen LogP contribution is -2.22. The largest absolute Gasteiger partial charge is 0.346 e. The van der Waals surface area contributed by atoms with Crippen molar-refractivity contribution in [1.82, 2.24) is 9.88 Å². The summed E-state index contributed by atoms with van der Waals surface area (Å²) in [6.07, 6.45) is 3.24. The van der Waals surface area contributed by atoms with Crippen LogP contribution in [0.3, 0.4) is 0 Å². The van der Waals surface area contributed by atoms with E-state index in [0.717, 1.165) is 17.4 Å². The third-order valence-electron chi connectivity index (χ3n) is 3.28. The van der Waals surface area contributed by atoms with Gasteiger partial charge in [-0.2, -0.15) is 0 Å². The van der Waals surface area contributed by atoms with Gasteiger partial charge in [0.25, 0.3) is 0 Å². The van der Waals surface area contributed by atoms with Crippen LogP contribution in [0.5, 0.6) is 0 Å². The van der Waals surface area contributed by atoms with Gasteiger partial charge < -0.3 is 9.88 Å². The molecule has 0 unspecified atom stereocenters. The molecule has 110 valence electrons. The molecule has 1 aromatic heterocycles. The Kier molecular flexibility index (Phi) is 4.50. The van der Waals surface area contributed by atoms with E-state index in [2.05, 4.69) is 31.3 Å². The van der Waals surface area contributed by atoms with E-state index >= 15 is 0 Å². The molecule has 5 heteroatoms. The molecular weight excluding hydrogens is 272 g/mol. The zero-order valence-electron chi connectivity index (χ0n) is 12.3. The van der Waals surface area contributed by atoms with Crippen LogP contribution in [0.4, 0.5) is 0 Å². The summed E-state index contributed by atoms with van der Waals surface area (Å²) in [4.78, 5) is 0. The van der Waals surface area contributed by atoms with E-state index < -0.39 is 9.84 Å². The molecule has 0 bridgehead atoms. The second kappa shape index (κ2) is 5.97. The van der Waals surface area contributed by atoms with Gasteiger partial charge in [-0.1, -0.05) is 32.0 Å². The number of aryl methyl sites for hydroxylation is 1. The minimum Gasteiger partial charge on any atom is -0.346 e. The molecule has 1 heterocycles. The van der Waals surface area contributed by atoms with Gasteiger partial charge in [-0.05, 0) is 17.0 Å². The fraction of sp³-hybridized carbons (Fsp3) is 0.467. The number of para-hydroxylation sites is 1. The maximum atomic E-state index is 11.3. The highest BCUT2D eigenvalue weighted by Gasteiger charge is 2.09. The Morgan fingerprint density at radius 2 is 2.00 bits per heavy atom. The van der Waals surface area contributed by atoms with Crippen molar-refractivity contribution in [3.8, 4) is 0 Å². The maximum absolute atomic E-state index is 11.3. The highest BCUT2D eigenvalue weighted by atomic mass is 32.2. The number of aromatic nitrogens is 1. The fourth-order valence-electron chi connectivity index (χ4n) is 2.25. The molecule has 1 N–H and O–H groups in total. The first-order valence-corrected chi connectivity index (χ1v) is 8.91. The van der Waals surface area contributed by atoms with Crippen LogP contribution in [-0.2, 0) is 22.9 Å². The first-order chi connectivity index (χ1) is 9.37. The molecule has 0 spiro atoms. The summed E-state index contributed by atoms with van der Waals surface area (Å²) in [7, 11) is -2.94. The van der Waals surface area contributed by atoms with Crippen molar-refractivity contribution in [3.05, 3.63) is 36.0 Å². The van der Waals surface area contributed by atoms with Crippen LogP contribution in [0.1, 0.15) is 19.4 Å². The van der Waals surface area contributed by atoms with Crippen molar-refractivity contribution in [1.29, 1.82) is 0 Å². The molecule has 0 saturated carbocycles. The predicted octanol–water partition coefficient (Wildman–Crippen LogP) is 2.18. The quantitative estimate of drug-likeness (QED) is 0.888. The second-order valence-electron chi connectivity index (χ2n) is 5.53. The molecule has 0 aliphatic carbocycles. The lowest BCUT2D eigenvalue weighted by molar-refractivity contribution is 0.588. The van der Waals surface area contributed by atoms with Crippen LogP contribution in [0.2, 0.25) is 0 Å². The summed E-state index contributed by atoms with van der Waals surface area (Å²) in [5.74, 6) is 0.169. The molecule has 0 radical (unpaired) electrons. The smallest absolute Gasteiger partial charge is 0.149 e. The summed E-state index contributed by atoms with van der Waals surface area (Å²) in [5, 5.41) is 4.57. The normalized spacial score (nSPS) is 12.4. The lowest BCUT2D eigenvalue weighted by Gasteiger charge is -2.12. The number of fused-ring (bicyclic) bond motifs is 1. The van der Waals surface area contributed by atoms with Crippen molar-refractivity contribution in [3.63, 3.8) is 0 Å². The van der Waals surface area contributed by atoms with Gasteiger partial charge in [0, 0.05) is 31.6 Å². The number of nitrogens with zero attached hydrogens (tertiary/aromatic N) is 1. The molecular formula is C15H22N2O2S. The van der Waals surface area contributed by atoms with E-state index in [9.17, 15) is 8.42 Å². The molecule has 0 aliphatic rings. The van der Waals surface area contributed by atoms with Gasteiger partial charge in [0.2, 0.25) is 0 Å². The molecule has 0 saturated heterocycles. The summed E-state index contributed by atoms with van der Waals surface area (Å²) in [5.41, 5.74) is 2.33. The summed E-state index contributed by atoms with van der Waals surface area (Å²) in [6.45, 7) is 5.52. The Hall–Kier alpha value is -1.33. The summed E-state index contributed by atoms with van der Waals surface area (Å²) < 4.78 is 24.7. The Bertz CT molecular complexity index is 687. The summed E-state index contributed by atoms with van der Waals surface area (Å²) >= 11 is 0. The van der Waals surface area contributed by atoms with E-state index in [4.69, 9.17) is 0 Å². The minimum absolute atomic E-state index is 0.169. The van der Waals surface area contributed by atoms with Crippen molar-refractivity contribution in [2.24, 2.45) is 0 Å². The fourth-order valence-corrected chi connectivity index (χ4v) is 2.78. The summed E-state index contributed by atoms with van der Waals surface area (Å²) in [6, 6.07) is 8.65. The third-order valence-corrected chi connectivity index (χ3v) is 4.20. The molecule has 0 fully saturated rings. The van der Waals surface area contributed by atoms with Gasteiger partial charge >= 0.3 is 0 Å². The SMILES string of the molecule is CC(C)NCc1cccc2ccn(CCS(C)(=O)=O)c12. The first kappa shape index (κ1) is 15.1. The number of nitrogens with one attached hydrogen (secondary N) is 1. The molecule has 20 heavy (non-hydrogen) atoms. The third kappa shape index (κ3) is 3.84. The van der Waals surface area contributed by atoms with Crippen molar-refractivity contribution in [2.45, 2.75) is 33.0 Å². The highest BCUT2D eigenvalue weighted by molar-refractivity contribution is 7.90. The van der Waals surface area contributed by atoms with Crippen LogP contribution >= 0.6 is 0 Å². The Balaban J connectivity index is 2.31. The number of hydrogen-bond acceptors (Lipinski definition) is 3. The molecule has 2 aromatic rings. The molecule has 0 atom stereocenters. The second-order valence-corrected chi connectivity index (χ2v) is 7.79. The van der Waals surface area contributed by atoms with Crippen LogP contribution in [-0.4, -0.2) is 31.0 Å². The van der Waals surface area contributed by atoms with Crippen LogP contribution < -0.4 is 5.32 Å². The topological polar surface area (TPSA) is 51.1 Å². The minimum atomic E-state index is -2.94. The van der Waals surface area contributed by atoms with Gasteiger partial charge in [-0.25, -0.2) is 8.42 Å². The van der Waals surface area contributed by atoms with E-state index in [0.29, 0.717) is 12.6 Å². The number of benzene rings is 1. The lowest BCUT2D eigenvalue weighted by atomic mass is 10.1. The average Bonchev–Trinajstić information content (AvgIpc) is 2.76. The Labute approximate surface area is 120 Å². The first-order valence-electron chi connectivity index (χ1n) is 6.84. The monoisotopic (exact) mass is 294 g/mol. The average molecular weight is 294 g/mol. The Morgan fingerprint density at radius 3 is 2.65 bits per heavy atom. The van der Waals surface area contributed by atoms with Crippen LogP contribution in [0, 0.1) is 0 Å². The van der Waals surface area contributed by atoms with E-state index in [1.807, 2.05) is 22.9 Å².